The minimum Gasteiger partial charge on any atom is -0.302 e. The van der Waals surface area contributed by atoms with E-state index in [1.54, 1.807) is 12.1 Å². The van der Waals surface area contributed by atoms with Gasteiger partial charge in [0.2, 0.25) is 0 Å². The van der Waals surface area contributed by atoms with E-state index in [1.807, 2.05) is 11.5 Å². The Labute approximate surface area is 151 Å². The largest absolute Gasteiger partial charge is 0.302 e. The van der Waals surface area contributed by atoms with E-state index in [2.05, 4.69) is 19.6 Å². The number of nitrogens with zero attached hydrogens (tertiary/aromatic N) is 6. The molecule has 0 bridgehead atoms. The summed E-state index contributed by atoms with van der Waals surface area (Å²) >= 11 is 2.84. The minimum atomic E-state index is -0.414. The quantitative estimate of drug-likeness (QED) is 0.478. The molecule has 4 rings (SSSR count). The number of benzene rings is 1. The first-order valence-electron chi connectivity index (χ1n) is 7.85. The summed E-state index contributed by atoms with van der Waals surface area (Å²) in [4.78, 5) is 14.9. The molecule has 0 atom stereocenters. The van der Waals surface area contributed by atoms with Crippen LogP contribution in [0.2, 0.25) is 0 Å². The number of nitro groups is 1. The Bertz CT molecular complexity index is 917. The summed E-state index contributed by atoms with van der Waals surface area (Å²) in [6.07, 6.45) is 2.35. The first-order chi connectivity index (χ1) is 12.2. The van der Waals surface area contributed by atoms with Crippen LogP contribution in [0.5, 0.6) is 0 Å². The first kappa shape index (κ1) is 16.2. The van der Waals surface area contributed by atoms with E-state index in [0.29, 0.717) is 18.3 Å². The molecule has 1 saturated carbocycles. The molecule has 0 aliphatic heterocycles. The SMILES string of the molecule is CCn1c(Sc2nc(C3CC3)ns2)nnc1-c1ccc([N+](=O)[O-])cc1. The van der Waals surface area contributed by atoms with Crippen LogP contribution in [0.25, 0.3) is 11.4 Å². The molecule has 0 unspecified atom stereocenters. The molecule has 1 fully saturated rings. The van der Waals surface area contributed by atoms with Gasteiger partial charge in [0.25, 0.3) is 5.69 Å². The van der Waals surface area contributed by atoms with Gasteiger partial charge in [0.05, 0.1) is 4.92 Å². The number of rotatable bonds is 6. The van der Waals surface area contributed by atoms with E-state index in [1.165, 1.54) is 48.3 Å². The third kappa shape index (κ3) is 3.27. The molecular formula is C15H14N6O2S2. The molecule has 1 aliphatic rings. The molecule has 0 amide bonds. The lowest BCUT2D eigenvalue weighted by atomic mass is 10.2. The minimum absolute atomic E-state index is 0.0578. The molecule has 2 aromatic heterocycles. The summed E-state index contributed by atoms with van der Waals surface area (Å²) in [5, 5.41) is 20.1. The molecule has 25 heavy (non-hydrogen) atoms. The molecule has 0 radical (unpaired) electrons. The lowest BCUT2D eigenvalue weighted by Crippen LogP contribution is -1.99. The van der Waals surface area contributed by atoms with Crippen LogP contribution in [0.15, 0.2) is 33.8 Å². The lowest BCUT2D eigenvalue weighted by Gasteiger charge is -2.06. The lowest BCUT2D eigenvalue weighted by molar-refractivity contribution is -0.384. The topological polar surface area (TPSA) is 99.6 Å². The summed E-state index contributed by atoms with van der Waals surface area (Å²) < 4.78 is 7.25. The van der Waals surface area contributed by atoms with Crippen molar-refractivity contribution in [2.75, 3.05) is 0 Å². The van der Waals surface area contributed by atoms with Crippen LogP contribution < -0.4 is 0 Å². The van der Waals surface area contributed by atoms with Gasteiger partial charge in [0.15, 0.2) is 15.3 Å². The number of aromatic nitrogens is 5. The second kappa shape index (κ2) is 6.52. The van der Waals surface area contributed by atoms with Crippen molar-refractivity contribution in [3.8, 4) is 11.4 Å². The summed E-state index contributed by atoms with van der Waals surface area (Å²) in [5.74, 6) is 2.16. The van der Waals surface area contributed by atoms with Crippen molar-refractivity contribution < 1.29 is 4.92 Å². The predicted octanol–water partition coefficient (Wildman–Crippen LogP) is 3.75. The zero-order chi connectivity index (χ0) is 17.4. The van der Waals surface area contributed by atoms with Gasteiger partial charge in [-0.3, -0.25) is 10.1 Å². The Morgan fingerprint density at radius 1 is 1.32 bits per heavy atom. The van der Waals surface area contributed by atoms with E-state index in [4.69, 9.17) is 0 Å². The number of hydrogen-bond acceptors (Lipinski definition) is 8. The summed E-state index contributed by atoms with van der Waals surface area (Å²) in [5.41, 5.74) is 0.852. The van der Waals surface area contributed by atoms with Crippen LogP contribution >= 0.6 is 23.3 Å². The van der Waals surface area contributed by atoms with Crippen LogP contribution in [0, 0.1) is 10.1 Å². The Kier molecular flexibility index (Phi) is 4.22. The van der Waals surface area contributed by atoms with Crippen molar-refractivity contribution >= 4 is 29.0 Å². The molecule has 128 valence electrons. The Hall–Kier alpha value is -2.33. The fourth-order valence-electron chi connectivity index (χ4n) is 2.44. The molecule has 1 aliphatic carbocycles. The van der Waals surface area contributed by atoms with Crippen LogP contribution in [0.1, 0.15) is 31.5 Å². The van der Waals surface area contributed by atoms with E-state index in [9.17, 15) is 10.1 Å². The van der Waals surface area contributed by atoms with Gasteiger partial charge < -0.3 is 4.57 Å². The maximum atomic E-state index is 10.8. The predicted molar refractivity (Wildman–Crippen MR) is 93.8 cm³/mol. The molecule has 0 N–H and O–H groups in total. The fraction of sp³-hybridized carbons (Fsp3) is 0.333. The van der Waals surface area contributed by atoms with Crippen LogP contribution in [0.4, 0.5) is 5.69 Å². The van der Waals surface area contributed by atoms with Gasteiger partial charge in [-0.05, 0) is 55.2 Å². The number of nitro benzene ring substituents is 1. The van der Waals surface area contributed by atoms with Crippen LogP contribution in [-0.4, -0.2) is 29.0 Å². The smallest absolute Gasteiger partial charge is 0.269 e. The average Bonchev–Trinajstić information content (AvgIpc) is 3.23. The maximum Gasteiger partial charge on any atom is 0.269 e. The monoisotopic (exact) mass is 374 g/mol. The van der Waals surface area contributed by atoms with Gasteiger partial charge in [-0.1, -0.05) is 0 Å². The van der Waals surface area contributed by atoms with Gasteiger partial charge in [-0.25, -0.2) is 4.98 Å². The van der Waals surface area contributed by atoms with Crippen LogP contribution in [0.3, 0.4) is 0 Å². The average molecular weight is 374 g/mol. The van der Waals surface area contributed by atoms with Crippen molar-refractivity contribution in [1.82, 2.24) is 24.1 Å². The maximum absolute atomic E-state index is 10.8. The summed E-state index contributed by atoms with van der Waals surface area (Å²) in [7, 11) is 0. The normalized spacial score (nSPS) is 14.0. The van der Waals surface area contributed by atoms with Crippen molar-refractivity contribution in [3.05, 3.63) is 40.2 Å². The highest BCUT2D eigenvalue weighted by atomic mass is 32.2. The van der Waals surface area contributed by atoms with E-state index in [0.717, 1.165) is 20.9 Å². The van der Waals surface area contributed by atoms with E-state index in [-0.39, 0.29) is 5.69 Å². The highest BCUT2D eigenvalue weighted by Crippen LogP contribution is 2.40. The van der Waals surface area contributed by atoms with Gasteiger partial charge in [0, 0.05) is 30.2 Å². The molecule has 8 nitrogen and oxygen atoms in total. The van der Waals surface area contributed by atoms with Gasteiger partial charge in [0.1, 0.15) is 5.82 Å². The molecule has 0 saturated heterocycles. The van der Waals surface area contributed by atoms with Crippen molar-refractivity contribution in [2.45, 2.75) is 41.7 Å². The van der Waals surface area contributed by atoms with Crippen molar-refractivity contribution in [1.29, 1.82) is 0 Å². The molecule has 10 heteroatoms. The van der Waals surface area contributed by atoms with Gasteiger partial charge in [-0.2, -0.15) is 4.37 Å². The Morgan fingerprint density at radius 2 is 2.08 bits per heavy atom. The summed E-state index contributed by atoms with van der Waals surface area (Å²) in [6.45, 7) is 2.70. The van der Waals surface area contributed by atoms with E-state index < -0.39 is 4.92 Å². The van der Waals surface area contributed by atoms with Crippen LogP contribution in [-0.2, 0) is 6.54 Å². The second-order valence-electron chi connectivity index (χ2n) is 5.65. The Balaban J connectivity index is 1.60. The standard InChI is InChI=1S/C15H14N6O2S2/c1-2-20-13(10-5-7-11(8-6-10)21(22)23)17-18-14(20)24-15-16-12(19-25-15)9-3-4-9/h5-9H,2-4H2,1H3. The first-order valence-corrected chi connectivity index (χ1v) is 9.44. The van der Waals surface area contributed by atoms with E-state index >= 15 is 0 Å². The zero-order valence-corrected chi connectivity index (χ0v) is 15.0. The Morgan fingerprint density at radius 3 is 2.72 bits per heavy atom. The fourth-order valence-corrected chi connectivity index (χ4v) is 4.13. The molecule has 3 aromatic rings. The number of hydrogen-bond donors (Lipinski definition) is 0. The molecule has 2 heterocycles. The zero-order valence-electron chi connectivity index (χ0n) is 13.3. The highest BCUT2D eigenvalue weighted by molar-refractivity contribution is 8.00. The molecule has 0 spiro atoms. The van der Waals surface area contributed by atoms with Gasteiger partial charge >= 0.3 is 0 Å². The second-order valence-corrected chi connectivity index (χ2v) is 7.62. The molecular weight excluding hydrogens is 360 g/mol. The van der Waals surface area contributed by atoms with Crippen molar-refractivity contribution in [2.24, 2.45) is 0 Å². The summed E-state index contributed by atoms with van der Waals surface area (Å²) in [6, 6.07) is 6.34. The third-order valence-electron chi connectivity index (χ3n) is 3.91. The van der Waals surface area contributed by atoms with Crippen molar-refractivity contribution in [3.63, 3.8) is 0 Å². The number of non-ortho nitro benzene ring substituents is 1. The highest BCUT2D eigenvalue weighted by Gasteiger charge is 2.28. The third-order valence-corrected chi connectivity index (χ3v) is 5.66. The van der Waals surface area contributed by atoms with Gasteiger partial charge in [-0.15, -0.1) is 10.2 Å². The molecule has 1 aromatic carbocycles.